The number of hydrogen-bond acceptors (Lipinski definition) is 2. The Hall–Kier alpha value is 0.890. The van der Waals surface area contributed by atoms with Crippen LogP contribution in [-0.2, 0) is 9.53 Å². The predicted octanol–water partition coefficient (Wildman–Crippen LogP) is 3.38. The van der Waals surface area contributed by atoms with E-state index in [0.717, 1.165) is 32.0 Å². The van der Waals surface area contributed by atoms with Gasteiger partial charge in [0.1, 0.15) is 0 Å². The Morgan fingerprint density at radius 3 is 2.84 bits per heavy atom. The highest BCUT2D eigenvalue weighted by Gasteiger charge is 2.46. The van der Waals surface area contributed by atoms with Crippen molar-refractivity contribution < 1.29 is 9.53 Å². The van der Waals surface area contributed by atoms with E-state index in [1.807, 2.05) is 0 Å². The fourth-order valence-electron chi connectivity index (χ4n) is 3.87. The van der Waals surface area contributed by atoms with Crippen LogP contribution >= 0.6 is 45.2 Å². The fraction of sp³-hybridized carbons (Fsp3) is 0.929. The number of ether oxygens (including phenoxy) is 1. The summed E-state index contributed by atoms with van der Waals surface area (Å²) in [5.74, 6) is 1.58. The summed E-state index contributed by atoms with van der Waals surface area (Å²) in [5, 5.41) is 0. The topological polar surface area (TPSA) is 29.5 Å². The summed E-state index contributed by atoms with van der Waals surface area (Å²) in [4.78, 5) is 15.1. The van der Waals surface area contributed by atoms with E-state index >= 15 is 0 Å². The van der Waals surface area contributed by atoms with Gasteiger partial charge in [-0.05, 0) is 38.0 Å². The highest BCUT2D eigenvalue weighted by atomic mass is 127. The summed E-state index contributed by atoms with van der Waals surface area (Å²) in [5.41, 5.74) is 0. The van der Waals surface area contributed by atoms with Gasteiger partial charge in [0, 0.05) is 18.6 Å². The lowest BCUT2D eigenvalue weighted by molar-refractivity contribution is -0.133. The van der Waals surface area contributed by atoms with Crippen molar-refractivity contribution in [2.24, 2.45) is 11.8 Å². The van der Waals surface area contributed by atoms with Crippen LogP contribution in [0, 0.1) is 11.8 Å². The lowest BCUT2D eigenvalue weighted by Crippen LogP contribution is -2.46. The van der Waals surface area contributed by atoms with Crippen molar-refractivity contribution in [1.82, 2.24) is 4.90 Å². The van der Waals surface area contributed by atoms with Gasteiger partial charge in [0.05, 0.1) is 14.6 Å². The molecule has 3 aliphatic rings. The Labute approximate surface area is 142 Å². The fourth-order valence-corrected chi connectivity index (χ4v) is 6.10. The molecule has 4 unspecified atom stereocenters. The molecule has 108 valence electrons. The maximum Gasteiger partial charge on any atom is 0.237 e. The number of nitrogens with zero attached hydrogens (tertiary/aromatic N) is 1. The number of likely N-dealkylation sites (tertiary alicyclic amines) is 1. The minimum Gasteiger partial charge on any atom is -0.381 e. The van der Waals surface area contributed by atoms with Gasteiger partial charge in [-0.3, -0.25) is 4.79 Å². The Balaban J connectivity index is 1.68. The van der Waals surface area contributed by atoms with Crippen molar-refractivity contribution >= 4 is 51.1 Å². The molecule has 0 aromatic heterocycles. The molecule has 5 heteroatoms. The molecule has 3 rings (SSSR count). The van der Waals surface area contributed by atoms with Gasteiger partial charge in [0.2, 0.25) is 5.91 Å². The summed E-state index contributed by atoms with van der Waals surface area (Å²) < 4.78 is 6.08. The van der Waals surface area contributed by atoms with E-state index in [0.29, 0.717) is 21.9 Å². The standard InChI is InChI=1S/C14H21I2NO2/c15-12-7-9-3-1-5-11(9)17(12)14(18)13(16)10-4-2-6-19-8-10/h9-13H,1-8H2/t9?,10?,11?,12-,13?/m0/s1. The molecule has 0 spiro atoms. The quantitative estimate of drug-likeness (QED) is 0.339. The van der Waals surface area contributed by atoms with Gasteiger partial charge in [-0.1, -0.05) is 51.6 Å². The van der Waals surface area contributed by atoms with Gasteiger partial charge < -0.3 is 9.64 Å². The number of alkyl halides is 2. The predicted molar refractivity (Wildman–Crippen MR) is 91.8 cm³/mol. The van der Waals surface area contributed by atoms with Crippen molar-refractivity contribution in [2.45, 2.75) is 52.5 Å². The molecule has 1 amide bonds. The summed E-state index contributed by atoms with van der Waals surface area (Å²) in [7, 11) is 0. The molecule has 2 saturated heterocycles. The first-order valence-electron chi connectivity index (χ1n) is 7.36. The van der Waals surface area contributed by atoms with E-state index in [4.69, 9.17) is 4.74 Å². The zero-order valence-corrected chi connectivity index (χ0v) is 15.4. The maximum absolute atomic E-state index is 12.9. The van der Waals surface area contributed by atoms with Crippen LogP contribution in [0.15, 0.2) is 0 Å². The molecule has 0 aromatic carbocycles. The number of rotatable bonds is 2. The van der Waals surface area contributed by atoms with Gasteiger partial charge in [0.15, 0.2) is 0 Å². The Morgan fingerprint density at radius 2 is 2.11 bits per heavy atom. The van der Waals surface area contributed by atoms with E-state index in [9.17, 15) is 4.79 Å². The normalized spacial score (nSPS) is 40.2. The van der Waals surface area contributed by atoms with Crippen LogP contribution in [0.4, 0.5) is 0 Å². The zero-order chi connectivity index (χ0) is 13.4. The highest BCUT2D eigenvalue weighted by molar-refractivity contribution is 14.1. The van der Waals surface area contributed by atoms with Crippen molar-refractivity contribution in [3.05, 3.63) is 0 Å². The van der Waals surface area contributed by atoms with Crippen LogP contribution < -0.4 is 0 Å². The molecule has 2 aliphatic heterocycles. The molecule has 3 nitrogen and oxygen atoms in total. The molecule has 0 aromatic rings. The lowest BCUT2D eigenvalue weighted by Gasteiger charge is -2.33. The third-order valence-corrected chi connectivity index (χ3v) is 7.53. The van der Waals surface area contributed by atoms with E-state index in [-0.39, 0.29) is 3.92 Å². The van der Waals surface area contributed by atoms with E-state index in [2.05, 4.69) is 50.1 Å². The first-order valence-corrected chi connectivity index (χ1v) is 9.85. The van der Waals surface area contributed by atoms with Gasteiger partial charge in [-0.25, -0.2) is 0 Å². The van der Waals surface area contributed by atoms with Crippen molar-refractivity contribution in [3.63, 3.8) is 0 Å². The summed E-state index contributed by atoms with van der Waals surface area (Å²) in [6.45, 7) is 1.64. The third-order valence-electron chi connectivity index (χ3n) is 4.88. The van der Waals surface area contributed by atoms with Crippen LogP contribution in [0.25, 0.3) is 0 Å². The lowest BCUT2D eigenvalue weighted by atomic mass is 9.97. The monoisotopic (exact) mass is 489 g/mol. The molecule has 5 atom stereocenters. The molecule has 1 aliphatic carbocycles. The number of carbonyl (C=O) groups is 1. The largest absolute Gasteiger partial charge is 0.381 e. The van der Waals surface area contributed by atoms with Crippen molar-refractivity contribution in [2.75, 3.05) is 13.2 Å². The molecule has 2 heterocycles. The first kappa shape index (κ1) is 14.8. The second kappa shape index (κ2) is 6.34. The molecule has 0 bridgehead atoms. The maximum atomic E-state index is 12.9. The summed E-state index contributed by atoms with van der Waals surface area (Å²) in [6, 6.07) is 0.538. The van der Waals surface area contributed by atoms with Gasteiger partial charge in [0.25, 0.3) is 0 Å². The van der Waals surface area contributed by atoms with E-state index < -0.39 is 0 Å². The van der Waals surface area contributed by atoms with Gasteiger partial charge in [-0.15, -0.1) is 0 Å². The molecule has 19 heavy (non-hydrogen) atoms. The van der Waals surface area contributed by atoms with Crippen LogP contribution in [0.2, 0.25) is 0 Å². The van der Waals surface area contributed by atoms with Gasteiger partial charge >= 0.3 is 0 Å². The zero-order valence-electron chi connectivity index (χ0n) is 11.1. The SMILES string of the molecule is O=C(C(I)C1CCCOC1)N1C2CCCC2C[C@H]1I. The molecule has 1 saturated carbocycles. The average molecular weight is 489 g/mol. The number of halogens is 2. The average Bonchev–Trinajstić information content (AvgIpc) is 2.98. The van der Waals surface area contributed by atoms with Crippen LogP contribution in [0.5, 0.6) is 0 Å². The Kier molecular flexibility index (Phi) is 4.94. The molecular formula is C14H21I2NO2. The number of hydrogen-bond donors (Lipinski definition) is 0. The Bertz CT molecular complexity index is 346. The number of amides is 1. The minimum absolute atomic E-state index is 0.106. The van der Waals surface area contributed by atoms with Crippen molar-refractivity contribution in [3.8, 4) is 0 Å². The number of carbonyl (C=O) groups excluding carboxylic acids is 1. The smallest absolute Gasteiger partial charge is 0.237 e. The van der Waals surface area contributed by atoms with Crippen molar-refractivity contribution in [1.29, 1.82) is 0 Å². The first-order chi connectivity index (χ1) is 9.18. The molecular weight excluding hydrogens is 468 g/mol. The summed E-state index contributed by atoms with van der Waals surface area (Å²) >= 11 is 4.84. The summed E-state index contributed by atoms with van der Waals surface area (Å²) in [6.07, 6.45) is 7.32. The van der Waals surface area contributed by atoms with Gasteiger partial charge in [-0.2, -0.15) is 0 Å². The van der Waals surface area contributed by atoms with Crippen LogP contribution in [0.3, 0.4) is 0 Å². The van der Waals surface area contributed by atoms with Crippen LogP contribution in [0.1, 0.15) is 38.5 Å². The van der Waals surface area contributed by atoms with Crippen LogP contribution in [-0.4, -0.2) is 38.0 Å². The number of fused-ring (bicyclic) bond motifs is 1. The minimum atomic E-state index is 0.106. The second-order valence-corrected chi connectivity index (χ2v) is 8.83. The molecule has 0 N–H and O–H groups in total. The highest BCUT2D eigenvalue weighted by Crippen LogP contribution is 2.44. The van der Waals surface area contributed by atoms with E-state index in [1.54, 1.807) is 0 Å². The second-order valence-electron chi connectivity index (χ2n) is 6.05. The Morgan fingerprint density at radius 1 is 1.26 bits per heavy atom. The third kappa shape index (κ3) is 2.93. The van der Waals surface area contributed by atoms with E-state index in [1.165, 1.54) is 25.7 Å². The molecule has 3 fully saturated rings. The molecule has 0 radical (unpaired) electrons.